The molecule has 4 heteroatoms. The molecule has 0 saturated heterocycles. The first kappa shape index (κ1) is 19.9. The van der Waals surface area contributed by atoms with Gasteiger partial charge in [0.05, 0.1) is 17.1 Å². The largest absolute Gasteiger partial charge is 0.399 e. The van der Waals surface area contributed by atoms with E-state index in [9.17, 15) is 0 Å². The second-order valence-electron chi connectivity index (χ2n) is 8.31. The summed E-state index contributed by atoms with van der Waals surface area (Å²) in [6.45, 7) is 8.17. The highest BCUT2D eigenvalue weighted by Gasteiger charge is 2.18. The Labute approximate surface area is 188 Å². The molecule has 5 aromatic rings. The molecule has 158 valence electrons. The van der Waals surface area contributed by atoms with E-state index in [1.54, 1.807) is 0 Å². The second kappa shape index (κ2) is 7.89. The van der Waals surface area contributed by atoms with E-state index in [-0.39, 0.29) is 6.04 Å². The topological polar surface area (TPSA) is 55.9 Å². The van der Waals surface area contributed by atoms with Crippen LogP contribution in [0.4, 0.5) is 11.6 Å². The molecule has 32 heavy (non-hydrogen) atoms. The Morgan fingerprint density at radius 3 is 2.44 bits per heavy atom. The summed E-state index contributed by atoms with van der Waals surface area (Å²) in [5.74, 6) is 0.796. The minimum Gasteiger partial charge on any atom is -0.399 e. The monoisotopic (exact) mass is 418 g/mol. The molecule has 0 fully saturated rings. The average molecular weight is 419 g/mol. The van der Waals surface area contributed by atoms with Gasteiger partial charge in [-0.2, -0.15) is 0 Å². The first-order valence-corrected chi connectivity index (χ1v) is 10.8. The number of imidazole rings is 1. The van der Waals surface area contributed by atoms with Gasteiger partial charge in [0.15, 0.2) is 0 Å². The van der Waals surface area contributed by atoms with Crippen LogP contribution in [0.3, 0.4) is 0 Å². The molecule has 0 saturated carbocycles. The summed E-state index contributed by atoms with van der Waals surface area (Å²) >= 11 is 0. The van der Waals surface area contributed by atoms with Crippen molar-refractivity contribution >= 4 is 39.1 Å². The van der Waals surface area contributed by atoms with Crippen molar-refractivity contribution in [2.24, 2.45) is 5.73 Å². The fourth-order valence-electron chi connectivity index (χ4n) is 4.16. The maximum absolute atomic E-state index is 5.95. The molecule has 0 spiro atoms. The van der Waals surface area contributed by atoms with E-state index >= 15 is 0 Å². The molecule has 0 unspecified atom stereocenters. The van der Waals surface area contributed by atoms with Gasteiger partial charge < -0.3 is 15.6 Å². The molecule has 4 aromatic carbocycles. The molecule has 0 amide bonds. The van der Waals surface area contributed by atoms with Crippen LogP contribution < -0.4 is 11.1 Å². The lowest BCUT2D eigenvalue weighted by atomic mass is 10.0. The van der Waals surface area contributed by atoms with Gasteiger partial charge in [-0.25, -0.2) is 4.98 Å². The highest BCUT2D eigenvalue weighted by Crippen LogP contribution is 2.32. The number of anilines is 2. The van der Waals surface area contributed by atoms with Crippen molar-refractivity contribution < 1.29 is 0 Å². The predicted octanol–water partition coefficient (Wildman–Crippen LogP) is 6.78. The molecule has 3 N–H and O–H groups in total. The number of nitrogens with one attached hydrogen (secondary N) is 1. The van der Waals surface area contributed by atoms with Crippen molar-refractivity contribution in [1.29, 1.82) is 0 Å². The van der Waals surface area contributed by atoms with E-state index in [0.717, 1.165) is 28.2 Å². The molecule has 1 heterocycles. The standard InChI is InChI=1S/C28H26N4/c1-18-8-13-25(14-9-18)30-28-31-26-17-22(19(2)29)12-15-27(26)32(28)20(3)23-11-10-21-6-4-5-7-24(21)16-23/h4-17,20H,2,29H2,1,3H3,(H,30,31)/t20-/m1/s1. The first-order chi connectivity index (χ1) is 15.5. The van der Waals surface area contributed by atoms with Crippen molar-refractivity contribution in [3.63, 3.8) is 0 Å². The molecule has 0 radical (unpaired) electrons. The SMILES string of the molecule is C=C(N)c1ccc2c(c1)nc(Nc1ccc(C)cc1)n2[C@H](C)c1ccc2ccccc2c1. The molecular formula is C28H26N4. The molecule has 0 aliphatic carbocycles. The maximum atomic E-state index is 5.95. The fourth-order valence-corrected chi connectivity index (χ4v) is 4.16. The van der Waals surface area contributed by atoms with Gasteiger partial charge in [0.25, 0.3) is 0 Å². The summed E-state index contributed by atoms with van der Waals surface area (Å²) in [7, 11) is 0. The van der Waals surface area contributed by atoms with Crippen LogP contribution in [0.15, 0.2) is 91.5 Å². The normalized spacial score (nSPS) is 12.2. The first-order valence-electron chi connectivity index (χ1n) is 10.8. The number of hydrogen-bond donors (Lipinski definition) is 2. The second-order valence-corrected chi connectivity index (χ2v) is 8.31. The maximum Gasteiger partial charge on any atom is 0.208 e. The van der Waals surface area contributed by atoms with Crippen molar-refractivity contribution in [3.8, 4) is 0 Å². The van der Waals surface area contributed by atoms with Crippen molar-refractivity contribution in [3.05, 3.63) is 108 Å². The Balaban J connectivity index is 1.65. The zero-order valence-electron chi connectivity index (χ0n) is 18.3. The van der Waals surface area contributed by atoms with Gasteiger partial charge in [0.2, 0.25) is 5.95 Å². The molecule has 0 aliphatic heterocycles. The molecule has 1 aromatic heterocycles. The lowest BCUT2D eigenvalue weighted by Crippen LogP contribution is -2.10. The number of aromatic nitrogens is 2. The van der Waals surface area contributed by atoms with E-state index in [1.807, 2.05) is 12.1 Å². The molecule has 1 atom stereocenters. The highest BCUT2D eigenvalue weighted by atomic mass is 15.2. The third-order valence-corrected chi connectivity index (χ3v) is 6.01. The zero-order chi connectivity index (χ0) is 22.2. The predicted molar refractivity (Wildman–Crippen MR) is 135 cm³/mol. The van der Waals surface area contributed by atoms with E-state index in [0.29, 0.717) is 5.70 Å². The van der Waals surface area contributed by atoms with E-state index in [1.165, 1.54) is 21.9 Å². The minimum absolute atomic E-state index is 0.0736. The zero-order valence-corrected chi connectivity index (χ0v) is 18.3. The molecule has 4 nitrogen and oxygen atoms in total. The number of benzene rings is 4. The number of nitrogens with two attached hydrogens (primary N) is 1. The van der Waals surface area contributed by atoms with Crippen LogP contribution in [0.1, 0.15) is 29.7 Å². The van der Waals surface area contributed by atoms with Gasteiger partial charge in [-0.15, -0.1) is 0 Å². The minimum atomic E-state index is 0.0736. The third-order valence-electron chi connectivity index (χ3n) is 6.01. The quantitative estimate of drug-likeness (QED) is 0.331. The molecule has 0 bridgehead atoms. The van der Waals surface area contributed by atoms with Crippen molar-refractivity contribution in [2.75, 3.05) is 5.32 Å². The van der Waals surface area contributed by atoms with Crippen LogP contribution in [-0.2, 0) is 0 Å². The lowest BCUT2D eigenvalue weighted by molar-refractivity contribution is 0.667. The summed E-state index contributed by atoms with van der Waals surface area (Å²) in [5.41, 5.74) is 12.8. The summed E-state index contributed by atoms with van der Waals surface area (Å²) in [4.78, 5) is 4.94. The molecule has 0 aliphatic rings. The van der Waals surface area contributed by atoms with Gasteiger partial charge in [-0.1, -0.05) is 66.7 Å². The van der Waals surface area contributed by atoms with Gasteiger partial charge in [-0.3, -0.25) is 0 Å². The Hall–Kier alpha value is -4.05. The summed E-state index contributed by atoms with van der Waals surface area (Å²) in [6, 6.07) is 29.6. The van der Waals surface area contributed by atoms with Crippen LogP contribution in [0.5, 0.6) is 0 Å². The van der Waals surface area contributed by atoms with E-state index in [4.69, 9.17) is 10.7 Å². The Bertz CT molecular complexity index is 1440. The average Bonchev–Trinajstić information content (AvgIpc) is 3.16. The Kier molecular flexibility index (Phi) is 4.91. The Morgan fingerprint density at radius 1 is 0.938 bits per heavy atom. The van der Waals surface area contributed by atoms with E-state index < -0.39 is 0 Å². The van der Waals surface area contributed by atoms with Crippen molar-refractivity contribution in [2.45, 2.75) is 19.9 Å². The van der Waals surface area contributed by atoms with Gasteiger partial charge >= 0.3 is 0 Å². The molecule has 5 rings (SSSR count). The lowest BCUT2D eigenvalue weighted by Gasteiger charge is -2.19. The highest BCUT2D eigenvalue weighted by molar-refractivity contribution is 5.85. The van der Waals surface area contributed by atoms with Crippen LogP contribution in [0, 0.1) is 6.92 Å². The summed E-state index contributed by atoms with van der Waals surface area (Å²) in [6.07, 6.45) is 0. The smallest absolute Gasteiger partial charge is 0.208 e. The number of rotatable bonds is 5. The van der Waals surface area contributed by atoms with Crippen LogP contribution >= 0.6 is 0 Å². The van der Waals surface area contributed by atoms with Gasteiger partial charge in [-0.05, 0) is 66.1 Å². The van der Waals surface area contributed by atoms with Gasteiger partial charge in [0, 0.05) is 11.4 Å². The molecular weight excluding hydrogens is 392 g/mol. The summed E-state index contributed by atoms with van der Waals surface area (Å²) in [5, 5.41) is 6.00. The van der Waals surface area contributed by atoms with Gasteiger partial charge in [0.1, 0.15) is 0 Å². The van der Waals surface area contributed by atoms with Crippen LogP contribution in [-0.4, -0.2) is 9.55 Å². The number of nitrogens with zero attached hydrogens (tertiary/aromatic N) is 2. The Morgan fingerprint density at radius 2 is 1.69 bits per heavy atom. The van der Waals surface area contributed by atoms with Crippen molar-refractivity contribution in [1.82, 2.24) is 9.55 Å². The number of hydrogen-bond acceptors (Lipinski definition) is 3. The number of aryl methyl sites for hydroxylation is 1. The van der Waals surface area contributed by atoms with Crippen LogP contribution in [0.2, 0.25) is 0 Å². The summed E-state index contributed by atoms with van der Waals surface area (Å²) < 4.78 is 2.25. The number of fused-ring (bicyclic) bond motifs is 2. The fraction of sp³-hybridized carbons (Fsp3) is 0.107. The van der Waals surface area contributed by atoms with E-state index in [2.05, 4.69) is 103 Å². The third kappa shape index (κ3) is 3.60. The van der Waals surface area contributed by atoms with Crippen LogP contribution in [0.25, 0.3) is 27.5 Å².